The largest absolute Gasteiger partial charge is 0.494 e. The molecule has 0 saturated carbocycles. The van der Waals surface area contributed by atoms with E-state index in [4.69, 9.17) is 13.9 Å². The van der Waals surface area contributed by atoms with Gasteiger partial charge in [0.25, 0.3) is 5.91 Å². The van der Waals surface area contributed by atoms with Crippen molar-refractivity contribution >= 4 is 23.3 Å². The van der Waals surface area contributed by atoms with Crippen LogP contribution < -0.4 is 10.1 Å². The number of Topliss-reactive ketones (excluding diaryl/α,β-unsaturated/α-hetero) is 1. The van der Waals surface area contributed by atoms with Crippen LogP contribution in [0, 0.1) is 0 Å². The molecule has 3 rings (SSSR count). The van der Waals surface area contributed by atoms with Gasteiger partial charge in [-0.25, -0.2) is 4.79 Å². The zero-order valence-electron chi connectivity index (χ0n) is 16.6. The highest BCUT2D eigenvalue weighted by molar-refractivity contribution is 6.07. The van der Waals surface area contributed by atoms with E-state index in [-0.39, 0.29) is 22.8 Å². The lowest BCUT2D eigenvalue weighted by Gasteiger charge is -2.15. The lowest BCUT2D eigenvalue weighted by atomic mass is 10.1. The van der Waals surface area contributed by atoms with E-state index in [0.29, 0.717) is 17.9 Å². The Kier molecular flexibility index (Phi) is 6.64. The second-order valence-corrected chi connectivity index (χ2v) is 6.35. The monoisotopic (exact) mass is 407 g/mol. The molecule has 0 aliphatic rings. The number of esters is 1. The van der Waals surface area contributed by atoms with E-state index in [0.717, 1.165) is 0 Å². The summed E-state index contributed by atoms with van der Waals surface area (Å²) in [5.74, 6) is -0.809. The van der Waals surface area contributed by atoms with Crippen LogP contribution in [0.4, 0.5) is 5.69 Å². The summed E-state index contributed by atoms with van der Waals surface area (Å²) < 4.78 is 15.8. The van der Waals surface area contributed by atoms with Gasteiger partial charge in [0.1, 0.15) is 5.75 Å². The molecule has 1 atom stereocenters. The number of para-hydroxylation sites is 1. The van der Waals surface area contributed by atoms with Gasteiger partial charge in [-0.05, 0) is 62.4 Å². The first kappa shape index (κ1) is 20.9. The first-order valence-electron chi connectivity index (χ1n) is 9.41. The van der Waals surface area contributed by atoms with Crippen molar-refractivity contribution in [3.05, 3.63) is 83.8 Å². The zero-order chi connectivity index (χ0) is 21.5. The quantitative estimate of drug-likeness (QED) is 0.440. The summed E-state index contributed by atoms with van der Waals surface area (Å²) in [6.45, 7) is 3.90. The predicted octanol–water partition coefficient (Wildman–Crippen LogP) is 4.36. The van der Waals surface area contributed by atoms with E-state index in [1.807, 2.05) is 6.92 Å². The summed E-state index contributed by atoms with van der Waals surface area (Å²) in [6.07, 6.45) is 0.368. The van der Waals surface area contributed by atoms with E-state index < -0.39 is 18.0 Å². The number of carbonyl (C=O) groups excluding carboxylic acids is 3. The number of nitrogens with one attached hydrogen (secondary N) is 1. The van der Waals surface area contributed by atoms with Crippen molar-refractivity contribution in [2.75, 3.05) is 11.9 Å². The van der Waals surface area contributed by atoms with E-state index in [9.17, 15) is 14.4 Å². The highest BCUT2D eigenvalue weighted by atomic mass is 16.5. The minimum Gasteiger partial charge on any atom is -0.494 e. The Morgan fingerprint density at radius 3 is 2.40 bits per heavy atom. The van der Waals surface area contributed by atoms with Gasteiger partial charge in [0.15, 0.2) is 11.9 Å². The number of ketones is 1. The highest BCUT2D eigenvalue weighted by Gasteiger charge is 2.23. The lowest BCUT2D eigenvalue weighted by Crippen LogP contribution is -2.25. The molecule has 0 aliphatic heterocycles. The Bertz CT molecular complexity index is 1020. The van der Waals surface area contributed by atoms with Crippen molar-refractivity contribution in [1.82, 2.24) is 0 Å². The maximum Gasteiger partial charge on any atom is 0.340 e. The van der Waals surface area contributed by atoms with Crippen LogP contribution in [-0.2, 0) is 4.74 Å². The van der Waals surface area contributed by atoms with Crippen molar-refractivity contribution < 1.29 is 28.3 Å². The summed E-state index contributed by atoms with van der Waals surface area (Å²) in [5, 5.41) is 2.61. The molecule has 0 bridgehead atoms. The SMILES string of the molecule is CCOc1ccc(C(=O)[C@@H](C)OC(=O)c2ccccc2NC(=O)c2ccco2)cc1. The molecular weight excluding hydrogens is 386 g/mol. The first-order chi connectivity index (χ1) is 14.5. The maximum atomic E-state index is 12.6. The number of hydrogen-bond donors (Lipinski definition) is 1. The number of furan rings is 1. The summed E-state index contributed by atoms with van der Waals surface area (Å²) in [4.78, 5) is 37.5. The fourth-order valence-electron chi connectivity index (χ4n) is 2.76. The summed E-state index contributed by atoms with van der Waals surface area (Å²) in [5.41, 5.74) is 0.784. The number of ether oxygens (including phenoxy) is 2. The molecule has 3 aromatic rings. The molecule has 0 aliphatic carbocycles. The van der Waals surface area contributed by atoms with Gasteiger partial charge in [0.2, 0.25) is 5.78 Å². The van der Waals surface area contributed by atoms with E-state index >= 15 is 0 Å². The molecule has 1 aromatic heterocycles. The van der Waals surface area contributed by atoms with Crippen molar-refractivity contribution in [1.29, 1.82) is 0 Å². The molecule has 0 saturated heterocycles. The Labute approximate surface area is 173 Å². The normalized spacial score (nSPS) is 11.4. The third-order valence-corrected chi connectivity index (χ3v) is 4.24. The van der Waals surface area contributed by atoms with Crippen molar-refractivity contribution in [3.8, 4) is 5.75 Å². The molecule has 1 heterocycles. The molecule has 2 aromatic carbocycles. The van der Waals surface area contributed by atoms with Gasteiger partial charge in [-0.3, -0.25) is 9.59 Å². The van der Waals surface area contributed by atoms with E-state index in [1.165, 1.54) is 25.3 Å². The van der Waals surface area contributed by atoms with Crippen LogP contribution in [0.1, 0.15) is 45.1 Å². The number of amides is 1. The molecule has 30 heavy (non-hydrogen) atoms. The molecule has 7 heteroatoms. The molecule has 0 radical (unpaired) electrons. The molecule has 0 spiro atoms. The van der Waals surface area contributed by atoms with Crippen LogP contribution in [0.25, 0.3) is 0 Å². The fourth-order valence-corrected chi connectivity index (χ4v) is 2.76. The molecule has 7 nitrogen and oxygen atoms in total. The smallest absolute Gasteiger partial charge is 0.340 e. The standard InChI is InChI=1S/C23H21NO6/c1-3-28-17-12-10-16(11-13-17)21(25)15(2)30-23(27)18-7-4-5-8-19(18)24-22(26)20-9-6-14-29-20/h4-15H,3H2,1-2H3,(H,24,26)/t15-/m1/s1. The van der Waals surface area contributed by atoms with E-state index in [1.54, 1.807) is 48.5 Å². The Morgan fingerprint density at radius 1 is 1.00 bits per heavy atom. The number of rotatable bonds is 8. The lowest BCUT2D eigenvalue weighted by molar-refractivity contribution is 0.0319. The van der Waals surface area contributed by atoms with Crippen LogP contribution in [0.15, 0.2) is 71.3 Å². The average molecular weight is 407 g/mol. The maximum absolute atomic E-state index is 12.6. The number of anilines is 1. The zero-order valence-corrected chi connectivity index (χ0v) is 16.6. The first-order valence-corrected chi connectivity index (χ1v) is 9.41. The van der Waals surface area contributed by atoms with E-state index in [2.05, 4.69) is 5.32 Å². The van der Waals surface area contributed by atoms with Crippen molar-refractivity contribution in [3.63, 3.8) is 0 Å². The Hall–Kier alpha value is -3.87. The molecule has 0 fully saturated rings. The van der Waals surface area contributed by atoms with Gasteiger partial charge >= 0.3 is 5.97 Å². The summed E-state index contributed by atoms with van der Waals surface area (Å²) >= 11 is 0. The number of hydrogen-bond acceptors (Lipinski definition) is 6. The molecule has 1 N–H and O–H groups in total. The molecule has 0 unspecified atom stereocenters. The summed E-state index contributed by atoms with van der Waals surface area (Å²) in [7, 11) is 0. The van der Waals surface area contributed by atoms with Crippen LogP contribution >= 0.6 is 0 Å². The molecule has 1 amide bonds. The number of benzene rings is 2. The van der Waals surface area contributed by atoms with Crippen molar-refractivity contribution in [2.45, 2.75) is 20.0 Å². The average Bonchev–Trinajstić information content (AvgIpc) is 3.29. The van der Waals surface area contributed by atoms with Gasteiger partial charge in [0, 0.05) is 5.56 Å². The third kappa shape index (κ3) is 4.94. The highest BCUT2D eigenvalue weighted by Crippen LogP contribution is 2.20. The summed E-state index contributed by atoms with van der Waals surface area (Å²) in [6, 6.07) is 16.1. The van der Waals surface area contributed by atoms with Gasteiger partial charge in [-0.2, -0.15) is 0 Å². The fraction of sp³-hybridized carbons (Fsp3) is 0.174. The second-order valence-electron chi connectivity index (χ2n) is 6.35. The third-order valence-electron chi connectivity index (χ3n) is 4.24. The van der Waals surface area contributed by atoms with Gasteiger partial charge in [0.05, 0.1) is 24.1 Å². The van der Waals surface area contributed by atoms with Crippen LogP contribution in [0.3, 0.4) is 0 Å². The Morgan fingerprint density at radius 2 is 1.73 bits per heavy atom. The molecule has 154 valence electrons. The predicted molar refractivity (Wildman–Crippen MR) is 110 cm³/mol. The minimum absolute atomic E-state index is 0.109. The van der Waals surface area contributed by atoms with Gasteiger partial charge in [-0.1, -0.05) is 12.1 Å². The van der Waals surface area contributed by atoms with Crippen molar-refractivity contribution in [2.24, 2.45) is 0 Å². The van der Waals surface area contributed by atoms with Crippen LogP contribution in [0.5, 0.6) is 5.75 Å². The minimum atomic E-state index is -1.01. The topological polar surface area (TPSA) is 94.8 Å². The van der Waals surface area contributed by atoms with Crippen LogP contribution in [0.2, 0.25) is 0 Å². The number of carbonyl (C=O) groups is 3. The van der Waals surface area contributed by atoms with Gasteiger partial charge in [-0.15, -0.1) is 0 Å². The Balaban J connectivity index is 1.69. The van der Waals surface area contributed by atoms with Crippen LogP contribution in [-0.4, -0.2) is 30.4 Å². The molecular formula is C23H21NO6. The van der Waals surface area contributed by atoms with Gasteiger partial charge < -0.3 is 19.2 Å². The second kappa shape index (κ2) is 9.56.